The third-order valence-electron chi connectivity index (χ3n) is 4.03. The first-order valence-corrected chi connectivity index (χ1v) is 10.5. The fourth-order valence-corrected chi connectivity index (χ4v) is 5.17. The van der Waals surface area contributed by atoms with Crippen molar-refractivity contribution in [1.29, 1.82) is 0 Å². The monoisotopic (exact) mass is 446 g/mol. The van der Waals surface area contributed by atoms with Crippen LogP contribution in [-0.4, -0.2) is 82.6 Å². The smallest absolute Gasteiger partial charge is 0.352 e. The average Bonchev–Trinajstić information content (AvgIpc) is 3.08. The lowest BCUT2D eigenvalue weighted by atomic mass is 10.0. The van der Waals surface area contributed by atoms with Gasteiger partial charge in [-0.05, 0) is 16.0 Å². The molecule has 1 fully saturated rings. The molecule has 3 rings (SSSR count). The highest BCUT2D eigenvalue weighted by atomic mass is 35.5. The van der Waals surface area contributed by atoms with Crippen molar-refractivity contribution >= 4 is 58.7 Å². The van der Waals surface area contributed by atoms with Crippen LogP contribution in [0.1, 0.15) is 6.42 Å². The number of alkyl halides is 1. The number of β-lactam (4-membered cyclic amide) rings is 1. The number of rotatable bonds is 8. The lowest BCUT2D eigenvalue weighted by Crippen LogP contribution is -2.70. The summed E-state index contributed by atoms with van der Waals surface area (Å²) < 4.78 is 1.47. The first-order valence-electron chi connectivity index (χ1n) is 7.95. The van der Waals surface area contributed by atoms with Gasteiger partial charge in [0.05, 0.1) is 12.3 Å². The average molecular weight is 447 g/mol. The van der Waals surface area contributed by atoms with Gasteiger partial charge in [0, 0.05) is 18.6 Å². The summed E-state index contributed by atoms with van der Waals surface area (Å²) in [6.07, 6.45) is -0.417. The Bertz CT molecular complexity index is 874. The fourth-order valence-electron chi connectivity index (χ4n) is 2.74. The van der Waals surface area contributed by atoms with Crippen molar-refractivity contribution in [1.82, 2.24) is 30.4 Å². The Labute approximate surface area is 172 Å². The molecule has 28 heavy (non-hydrogen) atoms. The highest BCUT2D eigenvalue weighted by Crippen LogP contribution is 2.41. The van der Waals surface area contributed by atoms with E-state index in [1.165, 1.54) is 33.1 Å². The third kappa shape index (κ3) is 4.00. The number of nitrogens with one attached hydrogen (secondary N) is 1. The van der Waals surface area contributed by atoms with Crippen LogP contribution in [0.5, 0.6) is 0 Å². The minimum absolute atomic E-state index is 0.0845. The van der Waals surface area contributed by atoms with E-state index in [0.717, 1.165) is 0 Å². The summed E-state index contributed by atoms with van der Waals surface area (Å²) >= 11 is 7.98. The molecular formula is C14H15ClN6O5S2. The van der Waals surface area contributed by atoms with Gasteiger partial charge in [0.2, 0.25) is 11.1 Å². The number of amides is 2. The number of fused-ring (bicyclic) bond motifs is 1. The molecule has 1 saturated heterocycles. The Kier molecular flexibility index (Phi) is 6.25. The van der Waals surface area contributed by atoms with Crippen LogP contribution in [0.3, 0.4) is 0 Å². The van der Waals surface area contributed by atoms with Crippen molar-refractivity contribution < 1.29 is 24.3 Å². The van der Waals surface area contributed by atoms with E-state index in [2.05, 4.69) is 20.8 Å². The number of tetrazole rings is 1. The summed E-state index contributed by atoms with van der Waals surface area (Å²) in [6, 6.07) is -0.868. The van der Waals surface area contributed by atoms with Crippen LogP contribution in [0.4, 0.5) is 0 Å². The molecule has 0 saturated carbocycles. The molecule has 2 aliphatic heterocycles. The van der Waals surface area contributed by atoms with Crippen molar-refractivity contribution in [3.8, 4) is 0 Å². The molecule has 3 heterocycles. The van der Waals surface area contributed by atoms with E-state index in [-0.39, 0.29) is 11.6 Å². The van der Waals surface area contributed by atoms with Gasteiger partial charge < -0.3 is 10.4 Å². The van der Waals surface area contributed by atoms with Crippen molar-refractivity contribution in [3.63, 3.8) is 0 Å². The molecule has 0 aromatic carbocycles. The highest BCUT2D eigenvalue weighted by molar-refractivity contribution is 8.01. The standard InChI is InChI=1S/C14H15ClN6O5S2/c1-20-14(17-18-19-20)28-5-6-4-27-12-9(16-8(23)2-7(22)3-15)11(24)21(12)10(6)13(25)26/h9,12H,2-5H2,1H3,(H,16,23)(H,25,26)/t9?,12-/m0/s1. The maximum absolute atomic E-state index is 12.5. The number of halogens is 1. The van der Waals surface area contributed by atoms with Crippen molar-refractivity contribution in [2.45, 2.75) is 23.0 Å². The molecule has 2 amide bonds. The summed E-state index contributed by atoms with van der Waals surface area (Å²) in [5.74, 6) is -2.41. The maximum Gasteiger partial charge on any atom is 0.352 e. The molecule has 14 heteroatoms. The van der Waals surface area contributed by atoms with Gasteiger partial charge in [-0.3, -0.25) is 19.3 Å². The number of hydrogen-bond acceptors (Lipinski definition) is 9. The summed E-state index contributed by atoms with van der Waals surface area (Å²) in [5.41, 5.74) is 0.482. The normalized spacial score (nSPS) is 21.2. The quantitative estimate of drug-likeness (QED) is 0.226. The number of carboxylic acid groups (broad SMARTS) is 1. The second-order valence-electron chi connectivity index (χ2n) is 5.94. The van der Waals surface area contributed by atoms with E-state index in [1.807, 2.05) is 0 Å². The van der Waals surface area contributed by atoms with Gasteiger partial charge in [0.1, 0.15) is 17.1 Å². The summed E-state index contributed by atoms with van der Waals surface area (Å²) in [7, 11) is 1.67. The maximum atomic E-state index is 12.5. The van der Waals surface area contributed by atoms with E-state index in [9.17, 15) is 24.3 Å². The number of carbonyl (C=O) groups is 4. The topological polar surface area (TPSA) is 147 Å². The van der Waals surface area contributed by atoms with E-state index in [4.69, 9.17) is 11.6 Å². The number of thioether (sulfide) groups is 2. The first kappa shape index (κ1) is 20.6. The zero-order valence-corrected chi connectivity index (χ0v) is 16.9. The van der Waals surface area contributed by atoms with E-state index < -0.39 is 41.4 Å². The zero-order valence-electron chi connectivity index (χ0n) is 14.5. The van der Waals surface area contributed by atoms with E-state index >= 15 is 0 Å². The second kappa shape index (κ2) is 8.49. The Balaban J connectivity index is 1.71. The number of nitrogens with zero attached hydrogens (tertiary/aromatic N) is 5. The molecule has 2 atom stereocenters. The largest absolute Gasteiger partial charge is 0.477 e. The molecule has 0 bridgehead atoms. The van der Waals surface area contributed by atoms with Crippen LogP contribution in [0, 0.1) is 0 Å². The minimum atomic E-state index is -1.22. The predicted octanol–water partition coefficient (Wildman–Crippen LogP) is -0.761. The number of aliphatic carboxylic acids is 1. The molecule has 1 aromatic heterocycles. The van der Waals surface area contributed by atoms with Crippen LogP contribution in [0.15, 0.2) is 16.4 Å². The number of carbonyl (C=O) groups excluding carboxylic acids is 3. The van der Waals surface area contributed by atoms with Crippen molar-refractivity contribution in [3.05, 3.63) is 11.3 Å². The lowest BCUT2D eigenvalue weighted by molar-refractivity contribution is -0.150. The van der Waals surface area contributed by atoms with Crippen LogP contribution in [0.2, 0.25) is 0 Å². The van der Waals surface area contributed by atoms with Gasteiger partial charge in [0.15, 0.2) is 5.78 Å². The number of aromatic nitrogens is 4. The van der Waals surface area contributed by atoms with Gasteiger partial charge in [-0.15, -0.1) is 28.5 Å². The number of Topliss-reactive ketones (excluding diaryl/α,β-unsaturated/α-hetero) is 1. The van der Waals surface area contributed by atoms with Crippen LogP contribution in [-0.2, 0) is 26.2 Å². The number of carboxylic acids is 1. The number of hydrogen-bond donors (Lipinski definition) is 2. The third-order valence-corrected chi connectivity index (χ3v) is 6.76. The molecule has 1 unspecified atom stereocenters. The Morgan fingerprint density at radius 3 is 2.79 bits per heavy atom. The molecule has 11 nitrogen and oxygen atoms in total. The molecule has 150 valence electrons. The minimum Gasteiger partial charge on any atom is -0.477 e. The van der Waals surface area contributed by atoms with Crippen LogP contribution in [0.25, 0.3) is 0 Å². The van der Waals surface area contributed by atoms with E-state index in [0.29, 0.717) is 22.2 Å². The Morgan fingerprint density at radius 2 is 2.18 bits per heavy atom. The van der Waals surface area contributed by atoms with Gasteiger partial charge in [-0.2, -0.15) is 0 Å². The molecule has 0 spiro atoms. The Morgan fingerprint density at radius 1 is 1.43 bits per heavy atom. The van der Waals surface area contributed by atoms with Gasteiger partial charge >= 0.3 is 5.97 Å². The van der Waals surface area contributed by atoms with Gasteiger partial charge in [-0.25, -0.2) is 9.48 Å². The van der Waals surface area contributed by atoms with Crippen molar-refractivity contribution in [2.24, 2.45) is 7.05 Å². The summed E-state index contributed by atoms with van der Waals surface area (Å²) in [6.45, 7) is 0. The Hall–Kier alpha value is -2.12. The summed E-state index contributed by atoms with van der Waals surface area (Å²) in [5, 5.41) is 23.2. The molecule has 1 aromatic rings. The second-order valence-corrected chi connectivity index (χ2v) is 8.25. The molecule has 0 radical (unpaired) electrons. The molecule has 2 aliphatic rings. The predicted molar refractivity (Wildman–Crippen MR) is 99.6 cm³/mol. The molecular weight excluding hydrogens is 432 g/mol. The lowest BCUT2D eigenvalue weighted by Gasteiger charge is -2.49. The zero-order chi connectivity index (χ0) is 20.4. The fraction of sp³-hybridized carbons (Fsp3) is 0.500. The molecule has 2 N–H and O–H groups in total. The van der Waals surface area contributed by atoms with Gasteiger partial charge in [0.25, 0.3) is 5.91 Å². The number of ketones is 1. The number of aryl methyl sites for hydroxylation is 1. The van der Waals surface area contributed by atoms with E-state index in [1.54, 1.807) is 7.05 Å². The first-order chi connectivity index (χ1) is 13.3. The van der Waals surface area contributed by atoms with Gasteiger partial charge in [-0.1, -0.05) is 11.8 Å². The SMILES string of the molecule is Cn1nnnc1SCC1=C(C(=O)O)N2C(=O)C(NC(=O)CC(=O)CCl)[C@@H]2SC1. The molecule has 0 aliphatic carbocycles. The summed E-state index contributed by atoms with van der Waals surface area (Å²) in [4.78, 5) is 48.5. The highest BCUT2D eigenvalue weighted by Gasteiger charge is 2.54. The van der Waals surface area contributed by atoms with Crippen LogP contribution >= 0.6 is 35.1 Å². The van der Waals surface area contributed by atoms with Crippen LogP contribution < -0.4 is 5.32 Å². The van der Waals surface area contributed by atoms with Crippen molar-refractivity contribution in [2.75, 3.05) is 17.4 Å².